The molecule has 0 radical (unpaired) electrons. The average Bonchev–Trinajstić information content (AvgIpc) is 2.60. The SMILES string of the molecule is CSc1c(Cl)ccc2c(CO)csc12. The normalized spacial score (nSPS) is 11.1. The van der Waals surface area contributed by atoms with Crippen LogP contribution in [-0.4, -0.2) is 11.4 Å². The Bertz CT molecular complexity index is 464. The molecule has 0 amide bonds. The van der Waals surface area contributed by atoms with Crippen molar-refractivity contribution in [2.45, 2.75) is 11.5 Å². The highest BCUT2D eigenvalue weighted by Crippen LogP contribution is 2.38. The molecule has 14 heavy (non-hydrogen) atoms. The smallest absolute Gasteiger partial charge is 0.0696 e. The van der Waals surface area contributed by atoms with Crippen molar-refractivity contribution >= 4 is 44.8 Å². The first-order chi connectivity index (χ1) is 6.77. The van der Waals surface area contributed by atoms with Gasteiger partial charge in [0, 0.05) is 9.60 Å². The van der Waals surface area contributed by atoms with Crippen molar-refractivity contribution in [2.24, 2.45) is 0 Å². The van der Waals surface area contributed by atoms with Gasteiger partial charge in [-0.05, 0) is 28.7 Å². The third-order valence-corrected chi connectivity index (χ3v) is 4.55. The molecule has 2 aromatic rings. The fraction of sp³-hybridized carbons (Fsp3) is 0.200. The molecule has 0 saturated carbocycles. The van der Waals surface area contributed by atoms with Crippen molar-refractivity contribution < 1.29 is 5.11 Å². The van der Waals surface area contributed by atoms with Crippen LogP contribution >= 0.6 is 34.7 Å². The molecule has 1 aromatic heterocycles. The zero-order valence-corrected chi connectivity index (χ0v) is 9.97. The van der Waals surface area contributed by atoms with Gasteiger partial charge < -0.3 is 5.11 Å². The van der Waals surface area contributed by atoms with Crippen LogP contribution in [0, 0.1) is 0 Å². The van der Waals surface area contributed by atoms with Gasteiger partial charge >= 0.3 is 0 Å². The number of hydrogen-bond donors (Lipinski definition) is 1. The molecule has 0 aliphatic rings. The Morgan fingerprint density at radius 3 is 2.93 bits per heavy atom. The number of aliphatic hydroxyl groups excluding tert-OH is 1. The van der Waals surface area contributed by atoms with Gasteiger partial charge in [-0.1, -0.05) is 17.7 Å². The van der Waals surface area contributed by atoms with Crippen molar-refractivity contribution in [3.8, 4) is 0 Å². The number of fused-ring (bicyclic) bond motifs is 1. The van der Waals surface area contributed by atoms with E-state index in [-0.39, 0.29) is 6.61 Å². The van der Waals surface area contributed by atoms with E-state index in [9.17, 15) is 0 Å². The summed E-state index contributed by atoms with van der Waals surface area (Å²) in [6, 6.07) is 3.86. The van der Waals surface area contributed by atoms with E-state index in [2.05, 4.69) is 0 Å². The fourth-order valence-corrected chi connectivity index (χ4v) is 3.82. The topological polar surface area (TPSA) is 20.2 Å². The maximum atomic E-state index is 9.12. The number of halogens is 1. The third-order valence-electron chi connectivity index (χ3n) is 2.10. The lowest BCUT2D eigenvalue weighted by Crippen LogP contribution is -1.80. The van der Waals surface area contributed by atoms with E-state index in [4.69, 9.17) is 16.7 Å². The van der Waals surface area contributed by atoms with Gasteiger partial charge in [-0.15, -0.1) is 23.1 Å². The van der Waals surface area contributed by atoms with Gasteiger partial charge in [0.05, 0.1) is 11.6 Å². The first-order valence-electron chi connectivity index (χ1n) is 4.11. The summed E-state index contributed by atoms with van der Waals surface area (Å²) in [6.07, 6.45) is 2.01. The second-order valence-corrected chi connectivity index (χ2v) is 4.98. The lowest BCUT2D eigenvalue weighted by molar-refractivity contribution is 0.284. The van der Waals surface area contributed by atoms with Crippen LogP contribution < -0.4 is 0 Å². The van der Waals surface area contributed by atoms with Crippen molar-refractivity contribution in [2.75, 3.05) is 6.26 Å². The quantitative estimate of drug-likeness (QED) is 0.812. The highest BCUT2D eigenvalue weighted by molar-refractivity contribution is 7.99. The molecule has 1 N–H and O–H groups in total. The molecule has 0 spiro atoms. The number of hydrogen-bond acceptors (Lipinski definition) is 3. The van der Waals surface area contributed by atoms with E-state index in [1.807, 2.05) is 23.8 Å². The van der Waals surface area contributed by atoms with Crippen LogP contribution in [0.15, 0.2) is 22.4 Å². The van der Waals surface area contributed by atoms with Crippen LogP contribution in [-0.2, 0) is 6.61 Å². The van der Waals surface area contributed by atoms with Crippen LogP contribution in [0.25, 0.3) is 10.1 Å². The van der Waals surface area contributed by atoms with Crippen molar-refractivity contribution in [3.63, 3.8) is 0 Å². The predicted molar refractivity (Wildman–Crippen MR) is 64.5 cm³/mol. The zero-order chi connectivity index (χ0) is 10.1. The molecule has 4 heteroatoms. The molecular weight excluding hydrogens is 236 g/mol. The number of thioether (sulfide) groups is 1. The summed E-state index contributed by atoms with van der Waals surface area (Å²) in [5.74, 6) is 0. The molecule has 2 rings (SSSR count). The van der Waals surface area contributed by atoms with E-state index in [1.165, 1.54) is 4.70 Å². The van der Waals surface area contributed by atoms with Crippen molar-refractivity contribution in [3.05, 3.63) is 28.1 Å². The van der Waals surface area contributed by atoms with E-state index in [0.717, 1.165) is 20.9 Å². The molecule has 0 unspecified atom stereocenters. The Labute approximate surface area is 95.7 Å². The lowest BCUT2D eigenvalue weighted by atomic mass is 10.2. The molecule has 74 valence electrons. The Morgan fingerprint density at radius 2 is 2.29 bits per heavy atom. The minimum atomic E-state index is 0.0927. The van der Waals surface area contributed by atoms with E-state index in [0.29, 0.717) is 0 Å². The maximum absolute atomic E-state index is 9.12. The number of aliphatic hydroxyl groups is 1. The summed E-state index contributed by atoms with van der Waals surface area (Å²) in [4.78, 5) is 1.11. The van der Waals surface area contributed by atoms with Gasteiger partial charge in [0.25, 0.3) is 0 Å². The van der Waals surface area contributed by atoms with Crippen LogP contribution in [0.5, 0.6) is 0 Å². The summed E-state index contributed by atoms with van der Waals surface area (Å²) in [7, 11) is 0. The first-order valence-corrected chi connectivity index (χ1v) is 6.59. The minimum absolute atomic E-state index is 0.0927. The Morgan fingerprint density at radius 1 is 1.50 bits per heavy atom. The molecule has 0 saturated heterocycles. The summed E-state index contributed by atoms with van der Waals surface area (Å²) in [5, 5.41) is 13.0. The highest BCUT2D eigenvalue weighted by Gasteiger charge is 2.09. The lowest BCUT2D eigenvalue weighted by Gasteiger charge is -2.02. The minimum Gasteiger partial charge on any atom is -0.392 e. The molecule has 0 atom stereocenters. The van der Waals surface area contributed by atoms with Gasteiger partial charge in [-0.25, -0.2) is 0 Å². The summed E-state index contributed by atoms with van der Waals surface area (Å²) >= 11 is 9.36. The van der Waals surface area contributed by atoms with Crippen molar-refractivity contribution in [1.29, 1.82) is 0 Å². The molecule has 1 aromatic carbocycles. The second-order valence-electron chi connectivity index (χ2n) is 2.88. The van der Waals surface area contributed by atoms with E-state index < -0.39 is 0 Å². The van der Waals surface area contributed by atoms with Gasteiger partial charge in [0.1, 0.15) is 0 Å². The standard InChI is InChI=1S/C10H9ClOS2/c1-13-10-8(11)3-2-7-6(4-12)5-14-9(7)10/h2-3,5,12H,4H2,1H3. The van der Waals surface area contributed by atoms with Crippen molar-refractivity contribution in [1.82, 2.24) is 0 Å². The largest absolute Gasteiger partial charge is 0.392 e. The number of thiophene rings is 1. The maximum Gasteiger partial charge on any atom is 0.0696 e. The average molecular weight is 245 g/mol. The van der Waals surface area contributed by atoms with Crippen LogP contribution in [0.3, 0.4) is 0 Å². The molecule has 1 nitrogen and oxygen atoms in total. The Balaban J connectivity index is 2.76. The van der Waals surface area contributed by atoms with Crippen LogP contribution in [0.4, 0.5) is 0 Å². The van der Waals surface area contributed by atoms with Gasteiger partial charge in [0.2, 0.25) is 0 Å². The van der Waals surface area contributed by atoms with Crippen LogP contribution in [0.1, 0.15) is 5.56 Å². The molecule has 0 fully saturated rings. The molecular formula is C10H9ClOS2. The number of rotatable bonds is 2. The molecule has 0 bridgehead atoms. The summed E-state index contributed by atoms with van der Waals surface area (Å²) in [6.45, 7) is 0.0927. The molecule has 0 aliphatic carbocycles. The van der Waals surface area contributed by atoms with Gasteiger partial charge in [-0.3, -0.25) is 0 Å². The molecule has 1 heterocycles. The van der Waals surface area contributed by atoms with Gasteiger partial charge in [0.15, 0.2) is 0 Å². The predicted octanol–water partition coefficient (Wildman–Crippen LogP) is 3.77. The number of benzene rings is 1. The zero-order valence-electron chi connectivity index (χ0n) is 7.58. The fourth-order valence-electron chi connectivity index (χ4n) is 1.41. The van der Waals surface area contributed by atoms with Crippen LogP contribution in [0.2, 0.25) is 5.02 Å². The Kier molecular flexibility index (Phi) is 3.02. The van der Waals surface area contributed by atoms with E-state index in [1.54, 1.807) is 23.1 Å². The highest BCUT2D eigenvalue weighted by atomic mass is 35.5. The van der Waals surface area contributed by atoms with Gasteiger partial charge in [-0.2, -0.15) is 0 Å². The first kappa shape index (κ1) is 10.3. The van der Waals surface area contributed by atoms with E-state index >= 15 is 0 Å². The molecule has 0 aliphatic heterocycles. The summed E-state index contributed by atoms with van der Waals surface area (Å²) in [5.41, 5.74) is 0.983. The Hall–Kier alpha value is -0.220. The monoisotopic (exact) mass is 244 g/mol. The third kappa shape index (κ3) is 1.54. The summed E-state index contributed by atoms with van der Waals surface area (Å²) < 4.78 is 1.18. The second kappa shape index (κ2) is 4.11.